The van der Waals surface area contributed by atoms with Crippen molar-refractivity contribution in [1.29, 1.82) is 5.26 Å². The number of nitriles is 1. The van der Waals surface area contributed by atoms with Crippen LogP contribution in [0.1, 0.15) is 25.5 Å². The molecule has 1 fully saturated rings. The van der Waals surface area contributed by atoms with Gasteiger partial charge < -0.3 is 4.74 Å². The van der Waals surface area contributed by atoms with Crippen molar-refractivity contribution < 1.29 is 19.3 Å². The van der Waals surface area contributed by atoms with Crippen molar-refractivity contribution in [2.45, 2.75) is 19.9 Å². The zero-order chi connectivity index (χ0) is 17.9. The van der Waals surface area contributed by atoms with Gasteiger partial charge in [0.1, 0.15) is 11.8 Å². The van der Waals surface area contributed by atoms with E-state index in [-0.39, 0.29) is 6.04 Å². The summed E-state index contributed by atoms with van der Waals surface area (Å²) in [7, 11) is 2.92. The third kappa shape index (κ3) is 3.23. The Hall–Kier alpha value is -2.88. The highest BCUT2D eigenvalue weighted by Gasteiger charge is 2.47. The van der Waals surface area contributed by atoms with Crippen LogP contribution < -0.4 is 9.73 Å². The molecule has 2 atom stereocenters. The Kier molecular flexibility index (Phi) is 5.19. The molecule has 1 saturated heterocycles. The van der Waals surface area contributed by atoms with Gasteiger partial charge in [-0.2, -0.15) is 10.2 Å². The van der Waals surface area contributed by atoms with Crippen LogP contribution in [0.25, 0.3) is 0 Å². The van der Waals surface area contributed by atoms with Crippen LogP contribution in [-0.2, 0) is 4.79 Å². The minimum atomic E-state index is -1.03. The predicted octanol–water partition coefficient (Wildman–Crippen LogP) is 0.289. The van der Waals surface area contributed by atoms with Gasteiger partial charge in [0, 0.05) is 7.05 Å². The normalized spacial score (nSPS) is 21.0. The van der Waals surface area contributed by atoms with Gasteiger partial charge in [0.25, 0.3) is 11.7 Å². The lowest BCUT2D eigenvalue weighted by Crippen LogP contribution is -2.81. The van der Waals surface area contributed by atoms with E-state index in [1.807, 2.05) is 44.2 Å². The Morgan fingerprint density at radius 3 is 2.67 bits per heavy atom. The van der Waals surface area contributed by atoms with Crippen LogP contribution in [0, 0.1) is 17.2 Å². The monoisotopic (exact) mass is 329 g/mol. The van der Waals surface area contributed by atoms with E-state index in [9.17, 15) is 14.9 Å². The highest BCUT2D eigenvalue weighted by Crippen LogP contribution is 2.18. The molecular formula is C17H21N4O3+. The van der Waals surface area contributed by atoms with Crippen LogP contribution in [0.3, 0.4) is 0 Å². The van der Waals surface area contributed by atoms with E-state index in [1.54, 1.807) is 7.05 Å². The number of carbonyl (C=O) groups is 2. The number of amidine groups is 1. The third-order valence-electron chi connectivity index (χ3n) is 3.95. The molecular weight excluding hydrogens is 308 g/mol. The lowest BCUT2D eigenvalue weighted by molar-refractivity contribution is -0.511. The van der Waals surface area contributed by atoms with Gasteiger partial charge >= 0.3 is 6.03 Å². The van der Waals surface area contributed by atoms with Gasteiger partial charge in [0.2, 0.25) is 5.92 Å². The van der Waals surface area contributed by atoms with Crippen molar-refractivity contribution >= 4 is 17.8 Å². The molecule has 0 spiro atoms. The SMILES string of the molecule is CCOc1cccc(C(C)[NH+]=C2C(C#N)C(=O)N(C)C(=O)N2C)c1. The molecule has 126 valence electrons. The lowest BCUT2D eigenvalue weighted by Gasteiger charge is -2.27. The first-order valence-electron chi connectivity index (χ1n) is 7.71. The van der Waals surface area contributed by atoms with E-state index in [0.717, 1.165) is 16.2 Å². The number of ether oxygens (including phenoxy) is 1. The average Bonchev–Trinajstić information content (AvgIpc) is 2.58. The van der Waals surface area contributed by atoms with Gasteiger partial charge in [-0.3, -0.25) is 9.79 Å². The Labute approximate surface area is 141 Å². The zero-order valence-corrected chi connectivity index (χ0v) is 14.2. The number of nitrogens with zero attached hydrogens (tertiary/aromatic N) is 3. The van der Waals surface area contributed by atoms with Gasteiger partial charge in [0.15, 0.2) is 0 Å². The smallest absolute Gasteiger partial charge is 0.417 e. The van der Waals surface area contributed by atoms with Crippen molar-refractivity contribution in [3.63, 3.8) is 0 Å². The molecule has 0 aliphatic carbocycles. The van der Waals surface area contributed by atoms with Crippen LogP contribution >= 0.6 is 0 Å². The molecule has 3 amide bonds. The minimum absolute atomic E-state index is 0.206. The average molecular weight is 329 g/mol. The van der Waals surface area contributed by atoms with Crippen molar-refractivity contribution in [2.24, 2.45) is 5.92 Å². The number of urea groups is 1. The van der Waals surface area contributed by atoms with Crippen LogP contribution in [0.4, 0.5) is 4.79 Å². The molecule has 0 radical (unpaired) electrons. The molecule has 1 aromatic carbocycles. The summed E-state index contributed by atoms with van der Waals surface area (Å²) in [6.45, 7) is 4.37. The van der Waals surface area contributed by atoms with Crippen molar-refractivity contribution in [3.8, 4) is 11.8 Å². The lowest BCUT2D eigenvalue weighted by atomic mass is 10.0. The molecule has 1 heterocycles. The first-order valence-corrected chi connectivity index (χ1v) is 7.71. The fourth-order valence-corrected chi connectivity index (χ4v) is 2.57. The predicted molar refractivity (Wildman–Crippen MR) is 87.0 cm³/mol. The van der Waals surface area contributed by atoms with Gasteiger partial charge in [-0.05, 0) is 31.5 Å². The van der Waals surface area contributed by atoms with E-state index in [0.29, 0.717) is 12.4 Å². The molecule has 2 unspecified atom stereocenters. The molecule has 1 aromatic rings. The van der Waals surface area contributed by atoms with E-state index >= 15 is 0 Å². The molecule has 0 bridgehead atoms. The summed E-state index contributed by atoms with van der Waals surface area (Å²) in [5.41, 5.74) is 0.928. The number of rotatable bonds is 4. The number of carbonyl (C=O) groups excluding carboxylic acids is 2. The fourth-order valence-electron chi connectivity index (χ4n) is 2.57. The Morgan fingerprint density at radius 1 is 1.33 bits per heavy atom. The van der Waals surface area contributed by atoms with E-state index in [4.69, 9.17) is 4.74 Å². The first-order chi connectivity index (χ1) is 11.4. The number of hydrogen-bond acceptors (Lipinski definition) is 4. The van der Waals surface area contributed by atoms with Crippen LogP contribution in [0.15, 0.2) is 24.3 Å². The Bertz CT molecular complexity index is 723. The van der Waals surface area contributed by atoms with Gasteiger partial charge in [-0.15, -0.1) is 0 Å². The molecule has 7 heteroatoms. The van der Waals surface area contributed by atoms with E-state index in [1.165, 1.54) is 11.9 Å². The number of nitrogens with one attached hydrogen (secondary N) is 1. The van der Waals surface area contributed by atoms with Crippen LogP contribution in [-0.4, -0.2) is 48.3 Å². The number of hydrogen-bond donors (Lipinski definition) is 1. The third-order valence-corrected chi connectivity index (χ3v) is 3.95. The summed E-state index contributed by atoms with van der Waals surface area (Å²) in [4.78, 5) is 29.7. The molecule has 1 aliphatic rings. The second-order valence-electron chi connectivity index (χ2n) is 5.56. The summed E-state index contributed by atoms with van der Waals surface area (Å²) in [6, 6.07) is 8.83. The Balaban J connectivity index is 2.37. The molecule has 1 N–H and O–H groups in total. The van der Waals surface area contributed by atoms with Crippen molar-refractivity contribution in [3.05, 3.63) is 29.8 Å². The highest BCUT2D eigenvalue weighted by molar-refractivity contribution is 6.17. The molecule has 0 aromatic heterocycles. The van der Waals surface area contributed by atoms with Crippen LogP contribution in [0.5, 0.6) is 5.75 Å². The summed E-state index contributed by atoms with van der Waals surface area (Å²) < 4.78 is 5.49. The number of benzene rings is 1. The van der Waals surface area contributed by atoms with E-state index in [2.05, 4.69) is 4.99 Å². The van der Waals surface area contributed by atoms with Gasteiger partial charge in [-0.1, -0.05) is 12.1 Å². The number of amides is 3. The molecule has 24 heavy (non-hydrogen) atoms. The minimum Gasteiger partial charge on any atom is -0.494 e. The van der Waals surface area contributed by atoms with Crippen molar-refractivity contribution in [2.75, 3.05) is 20.7 Å². The standard InChI is InChI=1S/C17H20N4O3/c1-5-24-13-8-6-7-12(9-13)11(2)19-15-14(10-18)16(22)21(4)17(23)20(15)3/h6-9,11,14H,5H2,1-4H3/p+1. The maximum Gasteiger partial charge on any atom is 0.417 e. The topological polar surface area (TPSA) is 87.6 Å². The molecule has 7 nitrogen and oxygen atoms in total. The second-order valence-corrected chi connectivity index (χ2v) is 5.56. The largest absolute Gasteiger partial charge is 0.494 e. The first kappa shape index (κ1) is 17.5. The Morgan fingerprint density at radius 2 is 2.04 bits per heavy atom. The van der Waals surface area contributed by atoms with Gasteiger partial charge in [0.05, 0.1) is 19.7 Å². The summed E-state index contributed by atoms with van der Waals surface area (Å²) in [6.07, 6.45) is 0. The maximum absolute atomic E-state index is 12.2. The molecule has 0 saturated carbocycles. The highest BCUT2D eigenvalue weighted by atomic mass is 16.5. The van der Waals surface area contributed by atoms with E-state index < -0.39 is 17.9 Å². The molecule has 1 aliphatic heterocycles. The molecule has 2 rings (SSSR count). The fraction of sp³-hybridized carbons (Fsp3) is 0.412. The quantitative estimate of drug-likeness (QED) is 0.860. The number of imide groups is 1. The van der Waals surface area contributed by atoms with Crippen LogP contribution in [0.2, 0.25) is 0 Å². The van der Waals surface area contributed by atoms with Gasteiger partial charge in [-0.25, -0.2) is 9.69 Å². The maximum atomic E-state index is 12.2. The summed E-state index contributed by atoms with van der Waals surface area (Å²) in [5, 5.41) is 9.33. The summed E-state index contributed by atoms with van der Waals surface area (Å²) in [5.74, 6) is -0.525. The summed E-state index contributed by atoms with van der Waals surface area (Å²) >= 11 is 0. The van der Waals surface area contributed by atoms with Crippen molar-refractivity contribution in [1.82, 2.24) is 9.80 Å². The zero-order valence-electron chi connectivity index (χ0n) is 14.2. The second kappa shape index (κ2) is 7.13.